The molecule has 5 nitrogen and oxygen atoms in total. The van der Waals surface area contributed by atoms with Gasteiger partial charge in [0, 0.05) is 12.0 Å². The fraction of sp³-hybridized carbons (Fsp3) is 0.385. The molecule has 0 aliphatic carbocycles. The van der Waals surface area contributed by atoms with Gasteiger partial charge in [0.15, 0.2) is 6.04 Å². The largest absolute Gasteiger partial charge is 0.480 e. The average Bonchev–Trinajstić information content (AvgIpc) is 2.35. The molecule has 104 valence electrons. The minimum atomic E-state index is -1.59. The van der Waals surface area contributed by atoms with Gasteiger partial charge < -0.3 is 16.2 Å². The van der Waals surface area contributed by atoms with E-state index in [2.05, 4.69) is 5.32 Å². The summed E-state index contributed by atoms with van der Waals surface area (Å²) < 4.78 is 13.1. The van der Waals surface area contributed by atoms with Crippen LogP contribution in [-0.2, 0) is 15.0 Å². The summed E-state index contributed by atoms with van der Waals surface area (Å²) >= 11 is 0. The van der Waals surface area contributed by atoms with Gasteiger partial charge in [-0.05, 0) is 17.7 Å². The summed E-state index contributed by atoms with van der Waals surface area (Å²) in [5.41, 5.74) is 5.35. The van der Waals surface area contributed by atoms with E-state index in [0.717, 1.165) is 0 Å². The molecule has 0 spiro atoms. The Bertz CT molecular complexity index is 489. The van der Waals surface area contributed by atoms with Gasteiger partial charge >= 0.3 is 5.97 Å². The van der Waals surface area contributed by atoms with Crippen LogP contribution in [-0.4, -0.2) is 29.6 Å². The van der Waals surface area contributed by atoms with Crippen LogP contribution in [0.15, 0.2) is 24.3 Å². The lowest BCUT2D eigenvalue weighted by Gasteiger charge is -2.26. The highest BCUT2D eigenvalue weighted by Gasteiger charge is 2.26. The van der Waals surface area contributed by atoms with Crippen molar-refractivity contribution >= 4 is 11.9 Å². The smallest absolute Gasteiger partial charge is 0.330 e. The van der Waals surface area contributed by atoms with Crippen molar-refractivity contribution in [2.45, 2.75) is 25.3 Å². The van der Waals surface area contributed by atoms with Crippen molar-refractivity contribution in [1.29, 1.82) is 0 Å². The van der Waals surface area contributed by atoms with Crippen LogP contribution in [0, 0.1) is 5.82 Å². The Balaban J connectivity index is 2.70. The van der Waals surface area contributed by atoms with Gasteiger partial charge in [-0.2, -0.15) is 0 Å². The SMILES string of the molecule is CC(C)(CNC(=O)C(N)C(=O)O)c1cccc(F)c1. The number of carbonyl (C=O) groups excluding carboxylic acids is 1. The van der Waals surface area contributed by atoms with E-state index in [-0.39, 0.29) is 12.4 Å². The molecular formula is C13H17FN2O3. The summed E-state index contributed by atoms with van der Waals surface area (Å²) in [5.74, 6) is -2.52. The van der Waals surface area contributed by atoms with Crippen LogP contribution in [0.5, 0.6) is 0 Å². The monoisotopic (exact) mass is 268 g/mol. The van der Waals surface area contributed by atoms with Crippen molar-refractivity contribution in [2.75, 3.05) is 6.54 Å². The number of amides is 1. The van der Waals surface area contributed by atoms with Gasteiger partial charge in [-0.25, -0.2) is 9.18 Å². The first kappa shape index (κ1) is 15.1. The standard InChI is InChI=1S/C13H17FN2O3/c1-13(2,8-4-3-5-9(14)6-8)7-16-11(17)10(15)12(18)19/h3-6,10H,7,15H2,1-2H3,(H,16,17)(H,18,19). The third-order valence-corrected chi connectivity index (χ3v) is 2.86. The zero-order valence-electron chi connectivity index (χ0n) is 10.8. The lowest BCUT2D eigenvalue weighted by atomic mass is 9.84. The summed E-state index contributed by atoms with van der Waals surface area (Å²) in [6, 6.07) is 4.44. The van der Waals surface area contributed by atoms with Crippen molar-refractivity contribution in [2.24, 2.45) is 5.73 Å². The summed E-state index contributed by atoms with van der Waals surface area (Å²) in [6.07, 6.45) is 0. The van der Waals surface area contributed by atoms with E-state index in [4.69, 9.17) is 10.8 Å². The molecule has 0 heterocycles. The van der Waals surface area contributed by atoms with E-state index >= 15 is 0 Å². The predicted octanol–water partition coefficient (Wildman–Crippen LogP) is 0.631. The number of carboxylic acid groups (broad SMARTS) is 1. The Labute approximate surface area is 110 Å². The van der Waals surface area contributed by atoms with E-state index in [0.29, 0.717) is 5.56 Å². The average molecular weight is 268 g/mol. The van der Waals surface area contributed by atoms with Gasteiger partial charge in [0.2, 0.25) is 5.91 Å². The number of rotatable bonds is 5. The normalized spacial score (nSPS) is 12.8. The molecular weight excluding hydrogens is 251 g/mol. The fourth-order valence-electron chi connectivity index (χ4n) is 1.54. The Morgan fingerprint density at radius 2 is 2.11 bits per heavy atom. The number of nitrogens with two attached hydrogens (primary N) is 1. The molecule has 1 unspecified atom stereocenters. The molecule has 6 heteroatoms. The number of halogens is 1. The Hall–Kier alpha value is -1.95. The second-order valence-corrected chi connectivity index (χ2v) is 4.93. The third kappa shape index (κ3) is 4.03. The molecule has 0 fully saturated rings. The summed E-state index contributed by atoms with van der Waals surface area (Å²) in [5, 5.41) is 11.1. The zero-order valence-corrected chi connectivity index (χ0v) is 10.8. The van der Waals surface area contributed by atoms with Crippen molar-refractivity contribution in [3.63, 3.8) is 0 Å². The highest BCUT2D eigenvalue weighted by Crippen LogP contribution is 2.22. The van der Waals surface area contributed by atoms with E-state index in [9.17, 15) is 14.0 Å². The number of carboxylic acids is 1. The molecule has 19 heavy (non-hydrogen) atoms. The number of nitrogens with one attached hydrogen (secondary N) is 1. The van der Waals surface area contributed by atoms with E-state index in [1.807, 2.05) is 13.8 Å². The maximum absolute atomic E-state index is 13.1. The van der Waals surface area contributed by atoms with E-state index in [1.165, 1.54) is 12.1 Å². The molecule has 0 aliphatic rings. The van der Waals surface area contributed by atoms with Crippen LogP contribution in [0.25, 0.3) is 0 Å². The first-order valence-corrected chi connectivity index (χ1v) is 5.76. The molecule has 1 amide bonds. The molecule has 0 saturated carbocycles. The number of hydrogen-bond acceptors (Lipinski definition) is 3. The number of benzene rings is 1. The van der Waals surface area contributed by atoms with Crippen molar-refractivity contribution in [3.05, 3.63) is 35.6 Å². The van der Waals surface area contributed by atoms with Crippen LogP contribution in [0.3, 0.4) is 0 Å². The second-order valence-electron chi connectivity index (χ2n) is 4.93. The molecule has 0 radical (unpaired) electrons. The first-order chi connectivity index (χ1) is 8.74. The summed E-state index contributed by atoms with van der Waals surface area (Å²) in [4.78, 5) is 22.0. The highest BCUT2D eigenvalue weighted by atomic mass is 19.1. The molecule has 1 aromatic carbocycles. The molecule has 0 aliphatic heterocycles. The van der Waals surface area contributed by atoms with Gasteiger partial charge in [-0.1, -0.05) is 26.0 Å². The van der Waals surface area contributed by atoms with Crippen LogP contribution < -0.4 is 11.1 Å². The fourth-order valence-corrected chi connectivity index (χ4v) is 1.54. The second kappa shape index (κ2) is 5.79. The molecule has 0 saturated heterocycles. The van der Waals surface area contributed by atoms with Gasteiger partial charge in [0.05, 0.1) is 0 Å². The van der Waals surface area contributed by atoms with Gasteiger partial charge in [-0.15, -0.1) is 0 Å². The predicted molar refractivity (Wildman–Crippen MR) is 68.0 cm³/mol. The molecule has 0 aromatic heterocycles. The molecule has 4 N–H and O–H groups in total. The maximum Gasteiger partial charge on any atom is 0.330 e. The number of carbonyl (C=O) groups is 2. The Kier molecular flexibility index (Phi) is 4.61. The molecule has 1 rings (SSSR count). The van der Waals surface area contributed by atoms with Crippen molar-refractivity contribution < 1.29 is 19.1 Å². The zero-order chi connectivity index (χ0) is 14.6. The van der Waals surface area contributed by atoms with Crippen LogP contribution >= 0.6 is 0 Å². The third-order valence-electron chi connectivity index (χ3n) is 2.86. The maximum atomic E-state index is 13.1. The van der Waals surface area contributed by atoms with Crippen LogP contribution in [0.1, 0.15) is 19.4 Å². The molecule has 1 atom stereocenters. The number of aliphatic carboxylic acids is 1. The quantitative estimate of drug-likeness (QED) is 0.683. The summed E-state index contributed by atoms with van der Waals surface area (Å²) in [6.45, 7) is 3.79. The molecule has 0 bridgehead atoms. The summed E-state index contributed by atoms with van der Waals surface area (Å²) in [7, 11) is 0. The van der Waals surface area contributed by atoms with Crippen molar-refractivity contribution in [3.8, 4) is 0 Å². The van der Waals surface area contributed by atoms with Gasteiger partial charge in [0.25, 0.3) is 0 Å². The lowest BCUT2D eigenvalue weighted by molar-refractivity contribution is -0.142. The number of hydrogen-bond donors (Lipinski definition) is 3. The highest BCUT2D eigenvalue weighted by molar-refractivity contribution is 6.00. The minimum Gasteiger partial charge on any atom is -0.480 e. The van der Waals surface area contributed by atoms with Gasteiger partial charge in [0.1, 0.15) is 5.82 Å². The lowest BCUT2D eigenvalue weighted by Crippen LogP contribution is -2.48. The van der Waals surface area contributed by atoms with Crippen LogP contribution in [0.4, 0.5) is 4.39 Å². The Morgan fingerprint density at radius 1 is 1.47 bits per heavy atom. The van der Waals surface area contributed by atoms with E-state index < -0.39 is 23.3 Å². The van der Waals surface area contributed by atoms with E-state index in [1.54, 1.807) is 12.1 Å². The first-order valence-electron chi connectivity index (χ1n) is 5.76. The molecule has 1 aromatic rings. The minimum absolute atomic E-state index is 0.163. The van der Waals surface area contributed by atoms with Crippen molar-refractivity contribution in [1.82, 2.24) is 5.32 Å². The van der Waals surface area contributed by atoms with Gasteiger partial charge in [-0.3, -0.25) is 4.79 Å². The van der Waals surface area contributed by atoms with Crippen LogP contribution in [0.2, 0.25) is 0 Å². The Morgan fingerprint density at radius 3 is 2.63 bits per heavy atom. The topological polar surface area (TPSA) is 92.4 Å².